The molecule has 0 aliphatic rings. The van der Waals surface area contributed by atoms with E-state index in [-0.39, 0.29) is 19.4 Å². The van der Waals surface area contributed by atoms with E-state index in [2.05, 4.69) is 35.0 Å². The average Bonchev–Trinajstić information content (AvgIpc) is 3.34. The van der Waals surface area contributed by atoms with Gasteiger partial charge in [0, 0.05) is 25.6 Å². The lowest BCUT2D eigenvalue weighted by molar-refractivity contribution is -0.790. The first kappa shape index (κ1) is 34.2. The van der Waals surface area contributed by atoms with Crippen LogP contribution in [0, 0.1) is 20.2 Å². The first-order valence-corrected chi connectivity index (χ1v) is 10.2. The smallest absolute Gasteiger partial charge is 0.475 e. The number of aliphatic carboxylic acids is 1. The van der Waals surface area contributed by atoms with Crippen molar-refractivity contribution in [3.63, 3.8) is 0 Å². The molecule has 22 heteroatoms. The third kappa shape index (κ3) is 17.4. The number of hydrogen-bond donors (Lipinski definition) is 4. The SMILES string of the molecule is COC(=O)[C@H](Cc1c[nH]cn1)NC(=O)CCNC(=O)COC[C@@H](CO[N+](=O)[O-])O[N+](=O)[O-].O=C(O)C(F)(F)F. The lowest BCUT2D eigenvalue weighted by atomic mass is 10.1. The number of aromatic nitrogens is 2. The number of carbonyl (C=O) groups excluding carboxylic acids is 3. The minimum absolute atomic E-state index is 0.0937. The highest BCUT2D eigenvalue weighted by atomic mass is 19.4. The summed E-state index contributed by atoms with van der Waals surface area (Å²) in [5.41, 5.74) is 0.536. The van der Waals surface area contributed by atoms with Crippen molar-refractivity contribution < 1.29 is 66.8 Å². The van der Waals surface area contributed by atoms with Gasteiger partial charge in [0.15, 0.2) is 6.10 Å². The van der Waals surface area contributed by atoms with Crippen molar-refractivity contribution in [1.82, 2.24) is 20.6 Å². The predicted molar refractivity (Wildman–Crippen MR) is 113 cm³/mol. The molecule has 0 saturated heterocycles. The first-order valence-electron chi connectivity index (χ1n) is 10.2. The largest absolute Gasteiger partial charge is 0.490 e. The minimum Gasteiger partial charge on any atom is -0.475 e. The molecule has 1 heterocycles. The Hall–Kier alpha value is -4.76. The summed E-state index contributed by atoms with van der Waals surface area (Å²) in [5.74, 6) is -4.61. The Morgan fingerprint density at radius 3 is 2.28 bits per heavy atom. The number of methoxy groups -OCH3 is 1. The number of carbonyl (C=O) groups is 4. The van der Waals surface area contributed by atoms with Crippen LogP contribution in [0.5, 0.6) is 0 Å². The van der Waals surface area contributed by atoms with Crippen LogP contribution in [0.15, 0.2) is 12.5 Å². The molecule has 1 aromatic heterocycles. The number of amides is 2. The maximum absolute atomic E-state index is 12.0. The first-order chi connectivity index (χ1) is 18.1. The number of nitrogens with zero attached hydrogens (tertiary/aromatic N) is 3. The molecule has 1 rings (SSSR count). The lowest BCUT2D eigenvalue weighted by Gasteiger charge is -2.16. The van der Waals surface area contributed by atoms with Crippen molar-refractivity contribution in [3.8, 4) is 0 Å². The molecule has 1 aromatic rings. The van der Waals surface area contributed by atoms with Crippen LogP contribution in [0.25, 0.3) is 0 Å². The summed E-state index contributed by atoms with van der Waals surface area (Å²) in [6, 6.07) is -0.963. The summed E-state index contributed by atoms with van der Waals surface area (Å²) in [7, 11) is 1.18. The van der Waals surface area contributed by atoms with Gasteiger partial charge in [-0.25, -0.2) is 14.6 Å². The summed E-state index contributed by atoms with van der Waals surface area (Å²) in [4.78, 5) is 79.7. The second kappa shape index (κ2) is 17.7. The van der Waals surface area contributed by atoms with E-state index >= 15 is 0 Å². The van der Waals surface area contributed by atoms with Gasteiger partial charge in [-0.2, -0.15) is 13.2 Å². The van der Waals surface area contributed by atoms with Crippen molar-refractivity contribution in [2.45, 2.75) is 31.2 Å². The molecule has 19 nitrogen and oxygen atoms in total. The third-order valence-corrected chi connectivity index (χ3v) is 3.84. The van der Waals surface area contributed by atoms with Crippen LogP contribution in [0.2, 0.25) is 0 Å². The van der Waals surface area contributed by atoms with Gasteiger partial charge in [-0.3, -0.25) is 9.59 Å². The van der Waals surface area contributed by atoms with Gasteiger partial charge >= 0.3 is 18.1 Å². The van der Waals surface area contributed by atoms with Gasteiger partial charge in [-0.1, -0.05) is 0 Å². The van der Waals surface area contributed by atoms with Crippen molar-refractivity contribution in [2.24, 2.45) is 0 Å². The molecule has 0 bridgehead atoms. The maximum Gasteiger partial charge on any atom is 0.490 e. The molecule has 2 amide bonds. The summed E-state index contributed by atoms with van der Waals surface area (Å²) in [5, 5.41) is 30.1. The zero-order valence-corrected chi connectivity index (χ0v) is 19.9. The second-order valence-electron chi connectivity index (χ2n) is 6.80. The van der Waals surface area contributed by atoms with E-state index in [0.29, 0.717) is 5.69 Å². The minimum atomic E-state index is -5.08. The van der Waals surface area contributed by atoms with E-state index in [0.717, 1.165) is 0 Å². The van der Waals surface area contributed by atoms with Gasteiger partial charge in [0.25, 0.3) is 10.2 Å². The van der Waals surface area contributed by atoms with Gasteiger partial charge in [-0.15, -0.1) is 20.2 Å². The molecular weight excluding hydrogens is 553 g/mol. The number of carboxylic acid groups (broad SMARTS) is 1. The molecule has 39 heavy (non-hydrogen) atoms. The van der Waals surface area contributed by atoms with Crippen LogP contribution in [-0.2, 0) is 44.7 Å². The monoisotopic (exact) mass is 576 g/mol. The Balaban J connectivity index is 0.00000181. The number of alkyl halides is 3. The quantitative estimate of drug-likeness (QED) is 0.0997. The molecule has 0 aliphatic heterocycles. The summed E-state index contributed by atoms with van der Waals surface area (Å²) in [6.45, 7) is -1.95. The predicted octanol–water partition coefficient (Wildman–Crippen LogP) is -1.45. The van der Waals surface area contributed by atoms with Gasteiger partial charge in [0.1, 0.15) is 19.3 Å². The van der Waals surface area contributed by atoms with E-state index in [1.165, 1.54) is 13.4 Å². The Kier molecular flexibility index (Phi) is 15.5. The topological polar surface area (TPSA) is 264 Å². The molecule has 0 aliphatic carbocycles. The van der Waals surface area contributed by atoms with Gasteiger partial charge in [0.2, 0.25) is 11.8 Å². The highest BCUT2D eigenvalue weighted by Gasteiger charge is 2.38. The van der Waals surface area contributed by atoms with Crippen LogP contribution in [0.4, 0.5) is 13.2 Å². The number of aromatic amines is 1. The number of carboxylic acids is 1. The fourth-order valence-corrected chi connectivity index (χ4v) is 2.24. The maximum atomic E-state index is 12.0. The molecular formula is C17H23F3N6O13. The molecule has 0 saturated carbocycles. The van der Waals surface area contributed by atoms with Crippen LogP contribution in [-0.4, -0.2) is 101 Å². The molecule has 0 unspecified atom stereocenters. The molecule has 220 valence electrons. The van der Waals surface area contributed by atoms with Gasteiger partial charge in [-0.05, 0) is 0 Å². The third-order valence-electron chi connectivity index (χ3n) is 3.84. The summed E-state index contributed by atoms with van der Waals surface area (Å²) >= 11 is 0. The normalized spacial score (nSPS) is 12.0. The van der Waals surface area contributed by atoms with Crippen molar-refractivity contribution in [2.75, 3.05) is 33.5 Å². The van der Waals surface area contributed by atoms with Crippen molar-refractivity contribution >= 4 is 23.8 Å². The van der Waals surface area contributed by atoms with E-state index in [1.807, 2.05) is 0 Å². The fraction of sp³-hybridized carbons (Fsp3) is 0.588. The Morgan fingerprint density at radius 1 is 1.15 bits per heavy atom. The number of hydrogen-bond acceptors (Lipinski definition) is 13. The van der Waals surface area contributed by atoms with Crippen molar-refractivity contribution in [1.29, 1.82) is 0 Å². The highest BCUT2D eigenvalue weighted by Crippen LogP contribution is 2.13. The zero-order valence-electron chi connectivity index (χ0n) is 19.9. The van der Waals surface area contributed by atoms with Crippen molar-refractivity contribution in [3.05, 3.63) is 38.4 Å². The standard InChI is InChI=1S/C15H22N6O11.C2HF3O2/c1-29-15(24)12(4-10-5-16-9-18-10)19-13(22)2-3-17-14(23)8-30-6-11(32-21(27)28)7-31-20(25)26;3-2(4,5)1(6)7/h5,9,11-12H,2-4,6-8H2,1H3,(H,16,18)(H,17,23)(H,19,22);(H,6,7)/t11-,12-;/m0./s1. The molecule has 0 aromatic carbocycles. The Morgan fingerprint density at radius 2 is 1.79 bits per heavy atom. The summed E-state index contributed by atoms with van der Waals surface area (Å²) in [6.07, 6.45) is -3.57. The van der Waals surface area contributed by atoms with E-state index < -0.39 is 72.1 Å². The van der Waals surface area contributed by atoms with Crippen LogP contribution >= 0.6 is 0 Å². The number of nitrogens with one attached hydrogen (secondary N) is 3. The average molecular weight is 576 g/mol. The van der Waals surface area contributed by atoms with Crippen LogP contribution in [0.3, 0.4) is 0 Å². The number of ether oxygens (including phenoxy) is 2. The van der Waals surface area contributed by atoms with Gasteiger partial charge < -0.3 is 39.9 Å². The molecule has 0 fully saturated rings. The zero-order chi connectivity index (χ0) is 30.0. The van der Waals surface area contributed by atoms with E-state index in [4.69, 9.17) is 14.6 Å². The Labute approximate surface area is 215 Å². The highest BCUT2D eigenvalue weighted by molar-refractivity contribution is 5.85. The fourth-order valence-electron chi connectivity index (χ4n) is 2.24. The lowest BCUT2D eigenvalue weighted by Crippen LogP contribution is -2.44. The van der Waals surface area contributed by atoms with Crippen LogP contribution < -0.4 is 10.6 Å². The van der Waals surface area contributed by atoms with Crippen LogP contribution in [0.1, 0.15) is 12.1 Å². The van der Waals surface area contributed by atoms with E-state index in [1.54, 1.807) is 6.20 Å². The van der Waals surface area contributed by atoms with Gasteiger partial charge in [0.05, 0.1) is 25.7 Å². The molecule has 4 N–H and O–H groups in total. The number of imidazole rings is 1. The molecule has 0 spiro atoms. The molecule has 0 radical (unpaired) electrons. The second-order valence-corrected chi connectivity index (χ2v) is 6.80. The number of halogens is 3. The number of H-pyrrole nitrogens is 1. The van der Waals surface area contributed by atoms with E-state index in [9.17, 15) is 47.8 Å². The summed E-state index contributed by atoms with van der Waals surface area (Å²) < 4.78 is 41.3. The number of esters is 1. The molecule has 2 atom stereocenters. The number of rotatable bonds is 16. The Bertz CT molecular complexity index is 961.